The van der Waals surface area contributed by atoms with Gasteiger partial charge in [0, 0.05) is 12.4 Å². The molecule has 106 valence electrons. The van der Waals surface area contributed by atoms with Gasteiger partial charge in [-0.2, -0.15) is 0 Å². The Morgan fingerprint density at radius 2 is 2.15 bits per heavy atom. The van der Waals surface area contributed by atoms with Crippen LogP contribution in [0.1, 0.15) is 41.9 Å². The molecular formula is C16H21N3O. The molecule has 0 saturated carbocycles. The fourth-order valence-electron chi connectivity index (χ4n) is 2.18. The number of rotatable bonds is 5. The number of carbonyl (C=O) groups is 1. The summed E-state index contributed by atoms with van der Waals surface area (Å²) in [6, 6.07) is 6.09. The molecule has 0 fully saturated rings. The molecule has 1 unspecified atom stereocenters. The highest BCUT2D eigenvalue weighted by Gasteiger charge is 2.14. The summed E-state index contributed by atoms with van der Waals surface area (Å²) in [5.41, 5.74) is 3.50. The van der Waals surface area contributed by atoms with E-state index in [0.29, 0.717) is 6.42 Å². The molecule has 1 heterocycles. The first-order valence-electron chi connectivity index (χ1n) is 6.95. The van der Waals surface area contributed by atoms with Crippen molar-refractivity contribution in [2.75, 3.05) is 0 Å². The number of carbonyl (C=O) groups excluding carboxylic acids is 1. The lowest BCUT2D eigenvalue weighted by Gasteiger charge is -2.15. The van der Waals surface area contributed by atoms with Gasteiger partial charge in [-0.3, -0.25) is 4.79 Å². The van der Waals surface area contributed by atoms with E-state index in [-0.39, 0.29) is 11.9 Å². The summed E-state index contributed by atoms with van der Waals surface area (Å²) in [5, 5.41) is 3.02. The Labute approximate surface area is 119 Å². The quantitative estimate of drug-likeness (QED) is 0.878. The first kappa shape index (κ1) is 14.3. The lowest BCUT2D eigenvalue weighted by atomic mass is 10.0. The minimum absolute atomic E-state index is 0.0245. The number of nitrogens with zero attached hydrogens (tertiary/aromatic N) is 1. The maximum absolute atomic E-state index is 12.1. The Hall–Kier alpha value is -2.10. The van der Waals surface area contributed by atoms with Crippen LogP contribution in [0.3, 0.4) is 0 Å². The van der Waals surface area contributed by atoms with Gasteiger partial charge in [-0.05, 0) is 37.0 Å². The monoisotopic (exact) mass is 271 g/mol. The van der Waals surface area contributed by atoms with Crippen LogP contribution < -0.4 is 5.32 Å². The van der Waals surface area contributed by atoms with Crippen molar-refractivity contribution in [3.63, 3.8) is 0 Å². The lowest BCUT2D eigenvalue weighted by Crippen LogP contribution is -2.30. The highest BCUT2D eigenvalue weighted by Crippen LogP contribution is 2.13. The van der Waals surface area contributed by atoms with Gasteiger partial charge < -0.3 is 10.3 Å². The second-order valence-electron chi connectivity index (χ2n) is 5.10. The third kappa shape index (κ3) is 3.47. The number of nitrogens with one attached hydrogen (secondary N) is 2. The summed E-state index contributed by atoms with van der Waals surface area (Å²) in [6.45, 7) is 6.17. The molecule has 20 heavy (non-hydrogen) atoms. The Morgan fingerprint density at radius 3 is 2.75 bits per heavy atom. The van der Waals surface area contributed by atoms with E-state index in [4.69, 9.17) is 0 Å². The van der Waals surface area contributed by atoms with Gasteiger partial charge in [0.05, 0.1) is 12.5 Å². The molecule has 4 heteroatoms. The van der Waals surface area contributed by atoms with Crippen molar-refractivity contribution in [1.82, 2.24) is 15.3 Å². The SMILES string of the molecule is CCC(NC(=O)Cc1ccc(C)c(C)c1)c1ncc[nH]1. The minimum atomic E-state index is -0.0518. The average Bonchev–Trinajstić information content (AvgIpc) is 2.94. The number of imidazole rings is 1. The largest absolute Gasteiger partial charge is 0.347 e. The number of benzene rings is 1. The number of hydrogen-bond donors (Lipinski definition) is 2. The van der Waals surface area contributed by atoms with E-state index < -0.39 is 0 Å². The fourth-order valence-corrected chi connectivity index (χ4v) is 2.18. The number of hydrogen-bond acceptors (Lipinski definition) is 2. The first-order valence-corrected chi connectivity index (χ1v) is 6.95. The molecule has 1 aromatic heterocycles. The normalized spacial score (nSPS) is 12.2. The standard InChI is InChI=1S/C16H21N3O/c1-4-14(16-17-7-8-18-16)19-15(20)10-13-6-5-11(2)12(3)9-13/h5-9,14H,4,10H2,1-3H3,(H,17,18)(H,19,20). The molecule has 1 aromatic carbocycles. The van der Waals surface area contributed by atoms with E-state index in [1.807, 2.05) is 13.0 Å². The molecule has 0 aliphatic rings. The van der Waals surface area contributed by atoms with Crippen LogP contribution in [0.25, 0.3) is 0 Å². The van der Waals surface area contributed by atoms with Crippen molar-refractivity contribution in [1.29, 1.82) is 0 Å². The zero-order valence-corrected chi connectivity index (χ0v) is 12.2. The number of amides is 1. The van der Waals surface area contributed by atoms with Gasteiger partial charge in [0.1, 0.15) is 5.82 Å². The van der Waals surface area contributed by atoms with Crippen LogP contribution in [0.4, 0.5) is 0 Å². The summed E-state index contributed by atoms with van der Waals surface area (Å²) < 4.78 is 0. The maximum Gasteiger partial charge on any atom is 0.225 e. The minimum Gasteiger partial charge on any atom is -0.347 e. The van der Waals surface area contributed by atoms with Crippen LogP contribution in [-0.2, 0) is 11.2 Å². The molecule has 2 N–H and O–H groups in total. The molecule has 0 bridgehead atoms. The van der Waals surface area contributed by atoms with E-state index in [1.54, 1.807) is 12.4 Å². The van der Waals surface area contributed by atoms with Crippen molar-refractivity contribution in [2.45, 2.75) is 39.7 Å². The van der Waals surface area contributed by atoms with Crippen molar-refractivity contribution in [3.8, 4) is 0 Å². The third-order valence-electron chi connectivity index (χ3n) is 3.53. The number of H-pyrrole nitrogens is 1. The van der Waals surface area contributed by atoms with Crippen LogP contribution in [0.15, 0.2) is 30.6 Å². The number of aromatic nitrogens is 2. The van der Waals surface area contributed by atoms with Gasteiger partial charge in [0.15, 0.2) is 0 Å². The molecule has 0 aliphatic heterocycles. The lowest BCUT2D eigenvalue weighted by molar-refractivity contribution is -0.121. The zero-order chi connectivity index (χ0) is 14.5. The van der Waals surface area contributed by atoms with Gasteiger partial charge in [0.25, 0.3) is 0 Å². The summed E-state index contributed by atoms with van der Waals surface area (Å²) >= 11 is 0. The first-order chi connectivity index (χ1) is 9.60. The Balaban J connectivity index is 1.99. The Kier molecular flexibility index (Phi) is 4.56. The molecule has 0 radical (unpaired) electrons. The molecule has 2 aromatic rings. The molecule has 1 atom stereocenters. The topological polar surface area (TPSA) is 57.8 Å². The third-order valence-corrected chi connectivity index (χ3v) is 3.53. The van der Waals surface area contributed by atoms with Gasteiger partial charge in [0.2, 0.25) is 5.91 Å². The molecule has 1 amide bonds. The molecule has 0 aliphatic carbocycles. The van der Waals surface area contributed by atoms with Crippen LogP contribution in [0.5, 0.6) is 0 Å². The van der Waals surface area contributed by atoms with Crippen LogP contribution in [-0.4, -0.2) is 15.9 Å². The summed E-state index contributed by atoms with van der Waals surface area (Å²) in [5.74, 6) is 0.831. The molecule has 2 rings (SSSR count). The van der Waals surface area contributed by atoms with Crippen molar-refractivity contribution >= 4 is 5.91 Å². The van der Waals surface area contributed by atoms with Crippen LogP contribution >= 0.6 is 0 Å². The van der Waals surface area contributed by atoms with Gasteiger partial charge in [-0.25, -0.2) is 4.98 Å². The predicted octanol–water partition coefficient (Wildman–Crippen LogP) is 2.84. The highest BCUT2D eigenvalue weighted by molar-refractivity contribution is 5.79. The van der Waals surface area contributed by atoms with Gasteiger partial charge in [-0.15, -0.1) is 0 Å². The van der Waals surface area contributed by atoms with Gasteiger partial charge in [-0.1, -0.05) is 25.1 Å². The van der Waals surface area contributed by atoms with Crippen LogP contribution in [0, 0.1) is 13.8 Å². The molecule has 0 spiro atoms. The second kappa shape index (κ2) is 6.37. The van der Waals surface area contributed by atoms with Crippen molar-refractivity contribution in [3.05, 3.63) is 53.1 Å². The molecular weight excluding hydrogens is 250 g/mol. The Bertz CT molecular complexity index is 575. The smallest absolute Gasteiger partial charge is 0.225 e. The van der Waals surface area contributed by atoms with E-state index in [1.165, 1.54) is 11.1 Å². The van der Waals surface area contributed by atoms with Crippen LogP contribution in [0.2, 0.25) is 0 Å². The maximum atomic E-state index is 12.1. The van der Waals surface area contributed by atoms with E-state index >= 15 is 0 Å². The summed E-state index contributed by atoms with van der Waals surface area (Å²) in [4.78, 5) is 19.4. The second-order valence-corrected chi connectivity index (χ2v) is 5.10. The van der Waals surface area contributed by atoms with Gasteiger partial charge >= 0.3 is 0 Å². The summed E-state index contributed by atoms with van der Waals surface area (Å²) in [7, 11) is 0. The van der Waals surface area contributed by atoms with Crippen molar-refractivity contribution < 1.29 is 4.79 Å². The summed E-state index contributed by atoms with van der Waals surface area (Å²) in [6.07, 6.45) is 4.69. The Morgan fingerprint density at radius 1 is 1.35 bits per heavy atom. The fraction of sp³-hybridized carbons (Fsp3) is 0.375. The van der Waals surface area contributed by atoms with E-state index in [2.05, 4.69) is 41.3 Å². The van der Waals surface area contributed by atoms with E-state index in [0.717, 1.165) is 17.8 Å². The number of aromatic amines is 1. The average molecular weight is 271 g/mol. The predicted molar refractivity (Wildman–Crippen MR) is 79.4 cm³/mol. The van der Waals surface area contributed by atoms with E-state index in [9.17, 15) is 4.79 Å². The molecule has 4 nitrogen and oxygen atoms in total. The molecule has 0 saturated heterocycles. The highest BCUT2D eigenvalue weighted by atomic mass is 16.1. The zero-order valence-electron chi connectivity index (χ0n) is 12.2. The van der Waals surface area contributed by atoms with Crippen molar-refractivity contribution in [2.24, 2.45) is 0 Å². The number of aryl methyl sites for hydroxylation is 2.